The van der Waals surface area contributed by atoms with E-state index in [1.54, 1.807) is 30.4 Å². The first kappa shape index (κ1) is 16.1. The van der Waals surface area contributed by atoms with Gasteiger partial charge in [-0.25, -0.2) is 0 Å². The molecule has 4 heteroatoms. The van der Waals surface area contributed by atoms with Gasteiger partial charge in [0.25, 0.3) is 0 Å². The molecule has 0 N–H and O–H groups in total. The standard InChI is InChI=1S/C15H19Cl2NO/c1-3-10-18(11-4-2)15(19)9-8-12-13(16)6-5-7-14(12)17/h5-9H,3-4,10-11H2,1-2H3. The maximum absolute atomic E-state index is 12.1. The van der Waals surface area contributed by atoms with Crippen molar-refractivity contribution in [3.63, 3.8) is 0 Å². The van der Waals surface area contributed by atoms with Crippen LogP contribution in [0, 0.1) is 0 Å². The minimum atomic E-state index is -0.000290. The molecule has 0 saturated heterocycles. The average molecular weight is 300 g/mol. The minimum Gasteiger partial charge on any atom is -0.339 e. The lowest BCUT2D eigenvalue weighted by Crippen LogP contribution is -2.30. The van der Waals surface area contributed by atoms with E-state index in [2.05, 4.69) is 13.8 Å². The fourth-order valence-electron chi connectivity index (χ4n) is 1.80. The smallest absolute Gasteiger partial charge is 0.246 e. The van der Waals surface area contributed by atoms with Crippen LogP contribution < -0.4 is 0 Å². The summed E-state index contributed by atoms with van der Waals surface area (Å²) in [5.41, 5.74) is 0.687. The van der Waals surface area contributed by atoms with E-state index in [1.807, 2.05) is 4.90 Å². The predicted molar refractivity (Wildman–Crippen MR) is 82.7 cm³/mol. The van der Waals surface area contributed by atoms with Gasteiger partial charge >= 0.3 is 0 Å². The van der Waals surface area contributed by atoms with Gasteiger partial charge in [0.05, 0.1) is 0 Å². The second-order valence-electron chi connectivity index (χ2n) is 4.29. The highest BCUT2D eigenvalue weighted by Gasteiger charge is 2.09. The zero-order valence-corrected chi connectivity index (χ0v) is 12.8. The number of hydrogen-bond donors (Lipinski definition) is 0. The zero-order chi connectivity index (χ0) is 14.3. The van der Waals surface area contributed by atoms with E-state index in [0.29, 0.717) is 15.6 Å². The molecule has 19 heavy (non-hydrogen) atoms. The molecule has 1 rings (SSSR count). The molecule has 104 valence electrons. The number of rotatable bonds is 6. The van der Waals surface area contributed by atoms with Crippen molar-refractivity contribution in [3.8, 4) is 0 Å². The fraction of sp³-hybridized carbons (Fsp3) is 0.400. The van der Waals surface area contributed by atoms with Crippen LogP contribution in [-0.4, -0.2) is 23.9 Å². The normalized spacial score (nSPS) is 10.9. The minimum absolute atomic E-state index is 0.000290. The molecular formula is C15H19Cl2NO. The van der Waals surface area contributed by atoms with Crippen LogP contribution in [-0.2, 0) is 4.79 Å². The largest absolute Gasteiger partial charge is 0.339 e. The summed E-state index contributed by atoms with van der Waals surface area (Å²) < 4.78 is 0. The Hall–Kier alpha value is -0.990. The maximum Gasteiger partial charge on any atom is 0.246 e. The first-order chi connectivity index (χ1) is 9.10. The molecule has 0 atom stereocenters. The van der Waals surface area contributed by atoms with Crippen molar-refractivity contribution in [1.29, 1.82) is 0 Å². The topological polar surface area (TPSA) is 20.3 Å². The van der Waals surface area contributed by atoms with Crippen LogP contribution in [0.2, 0.25) is 10.0 Å². The van der Waals surface area contributed by atoms with Crippen LogP contribution in [0.25, 0.3) is 6.08 Å². The molecule has 0 radical (unpaired) electrons. The van der Waals surface area contributed by atoms with E-state index in [0.717, 1.165) is 25.9 Å². The van der Waals surface area contributed by atoms with Gasteiger partial charge in [0.2, 0.25) is 5.91 Å². The number of benzene rings is 1. The van der Waals surface area contributed by atoms with E-state index in [9.17, 15) is 4.79 Å². The Morgan fingerprint density at radius 2 is 1.68 bits per heavy atom. The van der Waals surface area contributed by atoms with Gasteiger partial charge in [-0.2, -0.15) is 0 Å². The Kier molecular flexibility index (Phi) is 6.96. The third-order valence-electron chi connectivity index (χ3n) is 2.69. The molecule has 0 fully saturated rings. The van der Waals surface area contributed by atoms with Crippen molar-refractivity contribution < 1.29 is 4.79 Å². The summed E-state index contributed by atoms with van der Waals surface area (Å²) in [7, 11) is 0. The van der Waals surface area contributed by atoms with Crippen LogP contribution in [0.15, 0.2) is 24.3 Å². The second kappa shape index (κ2) is 8.23. The quantitative estimate of drug-likeness (QED) is 0.700. The van der Waals surface area contributed by atoms with Crippen molar-refractivity contribution in [2.45, 2.75) is 26.7 Å². The zero-order valence-electron chi connectivity index (χ0n) is 11.3. The van der Waals surface area contributed by atoms with Crippen LogP contribution in [0.1, 0.15) is 32.3 Å². The lowest BCUT2D eigenvalue weighted by Gasteiger charge is -2.19. The van der Waals surface area contributed by atoms with Gasteiger partial charge < -0.3 is 4.90 Å². The van der Waals surface area contributed by atoms with Gasteiger partial charge in [-0.1, -0.05) is 43.1 Å². The molecule has 0 bridgehead atoms. The van der Waals surface area contributed by atoms with Crippen molar-refractivity contribution in [3.05, 3.63) is 39.9 Å². The molecule has 0 spiro atoms. The number of carbonyl (C=O) groups excluding carboxylic acids is 1. The van der Waals surface area contributed by atoms with E-state index < -0.39 is 0 Å². The first-order valence-electron chi connectivity index (χ1n) is 6.51. The Balaban J connectivity index is 2.82. The molecule has 1 amide bonds. The molecular weight excluding hydrogens is 281 g/mol. The summed E-state index contributed by atoms with van der Waals surface area (Å²) >= 11 is 12.1. The van der Waals surface area contributed by atoms with Crippen LogP contribution in [0.5, 0.6) is 0 Å². The Morgan fingerprint density at radius 3 is 2.16 bits per heavy atom. The molecule has 0 unspecified atom stereocenters. The van der Waals surface area contributed by atoms with Gasteiger partial charge in [0.1, 0.15) is 0 Å². The highest BCUT2D eigenvalue weighted by molar-refractivity contribution is 6.37. The Labute approximate surface area is 125 Å². The second-order valence-corrected chi connectivity index (χ2v) is 5.11. The van der Waals surface area contributed by atoms with Gasteiger partial charge in [-0.3, -0.25) is 4.79 Å². The molecule has 0 aliphatic carbocycles. The number of halogens is 2. The summed E-state index contributed by atoms with van der Waals surface area (Å²) in [6, 6.07) is 5.30. The van der Waals surface area contributed by atoms with Gasteiger partial charge in [-0.05, 0) is 31.1 Å². The number of nitrogens with zero attached hydrogens (tertiary/aromatic N) is 1. The monoisotopic (exact) mass is 299 g/mol. The molecule has 0 aliphatic heterocycles. The van der Waals surface area contributed by atoms with E-state index >= 15 is 0 Å². The SMILES string of the molecule is CCCN(CCC)C(=O)C=Cc1c(Cl)cccc1Cl. The molecule has 1 aromatic rings. The lowest BCUT2D eigenvalue weighted by atomic mass is 10.2. The third kappa shape index (κ3) is 4.88. The van der Waals surface area contributed by atoms with Crippen LogP contribution in [0.4, 0.5) is 0 Å². The maximum atomic E-state index is 12.1. The average Bonchev–Trinajstić information content (AvgIpc) is 2.37. The fourth-order valence-corrected chi connectivity index (χ4v) is 2.33. The highest BCUT2D eigenvalue weighted by atomic mass is 35.5. The summed E-state index contributed by atoms with van der Waals surface area (Å²) in [5.74, 6) is -0.000290. The van der Waals surface area contributed by atoms with E-state index in [1.165, 1.54) is 0 Å². The van der Waals surface area contributed by atoms with Gasteiger partial charge in [-0.15, -0.1) is 0 Å². The Bertz CT molecular complexity index is 431. The van der Waals surface area contributed by atoms with Crippen molar-refractivity contribution in [2.24, 2.45) is 0 Å². The van der Waals surface area contributed by atoms with Gasteiger partial charge in [0.15, 0.2) is 0 Å². The highest BCUT2D eigenvalue weighted by Crippen LogP contribution is 2.25. The summed E-state index contributed by atoms with van der Waals surface area (Å²) in [5, 5.41) is 1.10. The van der Waals surface area contributed by atoms with E-state index in [4.69, 9.17) is 23.2 Å². The summed E-state index contributed by atoms with van der Waals surface area (Å²) in [4.78, 5) is 13.9. The van der Waals surface area contributed by atoms with Crippen LogP contribution >= 0.6 is 23.2 Å². The predicted octanol–water partition coefficient (Wildman–Crippen LogP) is 4.66. The van der Waals surface area contributed by atoms with Crippen molar-refractivity contribution >= 4 is 35.2 Å². The molecule has 1 aromatic carbocycles. The van der Waals surface area contributed by atoms with Gasteiger partial charge in [0, 0.05) is 34.8 Å². The molecule has 0 heterocycles. The number of carbonyl (C=O) groups is 1. The lowest BCUT2D eigenvalue weighted by molar-refractivity contribution is -0.126. The first-order valence-corrected chi connectivity index (χ1v) is 7.26. The molecule has 0 aromatic heterocycles. The van der Waals surface area contributed by atoms with E-state index in [-0.39, 0.29) is 5.91 Å². The summed E-state index contributed by atoms with van der Waals surface area (Å²) in [6.45, 7) is 5.66. The Morgan fingerprint density at radius 1 is 1.16 bits per heavy atom. The number of hydrogen-bond acceptors (Lipinski definition) is 1. The van der Waals surface area contributed by atoms with Crippen LogP contribution in [0.3, 0.4) is 0 Å². The van der Waals surface area contributed by atoms with Crippen molar-refractivity contribution in [1.82, 2.24) is 4.90 Å². The number of amides is 1. The molecule has 2 nitrogen and oxygen atoms in total. The van der Waals surface area contributed by atoms with Crippen molar-refractivity contribution in [2.75, 3.05) is 13.1 Å². The third-order valence-corrected chi connectivity index (χ3v) is 3.35. The molecule has 0 aliphatic rings. The molecule has 0 saturated carbocycles. The summed E-state index contributed by atoms with van der Waals surface area (Å²) in [6.07, 6.45) is 5.13.